The summed E-state index contributed by atoms with van der Waals surface area (Å²) in [4.78, 5) is 0. The van der Waals surface area contributed by atoms with Crippen LogP contribution in [0.5, 0.6) is 0 Å². The van der Waals surface area contributed by atoms with Gasteiger partial charge in [-0.25, -0.2) is 13.1 Å². The molecule has 0 saturated carbocycles. The maximum atomic E-state index is 12.0. The minimum absolute atomic E-state index is 0.0656. The van der Waals surface area contributed by atoms with Gasteiger partial charge in [0.15, 0.2) is 5.49 Å². The zero-order valence-electron chi connectivity index (χ0n) is 10.5. The summed E-state index contributed by atoms with van der Waals surface area (Å²) >= 11 is 0. The van der Waals surface area contributed by atoms with E-state index in [-0.39, 0.29) is 5.49 Å². The Bertz CT molecular complexity index is 364. The zero-order chi connectivity index (χ0) is 13.9. The molecule has 0 aromatic heterocycles. The maximum Gasteiger partial charge on any atom is 0.402 e. The molecule has 1 aliphatic rings. The number of alkyl halides is 3. The van der Waals surface area contributed by atoms with Gasteiger partial charge >= 0.3 is 6.18 Å². The van der Waals surface area contributed by atoms with E-state index in [1.165, 1.54) is 0 Å². The molecule has 1 aliphatic heterocycles. The minimum Gasteiger partial charge on any atom is -0.209 e. The van der Waals surface area contributed by atoms with Crippen molar-refractivity contribution in [2.24, 2.45) is 0 Å². The highest BCUT2D eigenvalue weighted by Gasteiger charge is 2.44. The van der Waals surface area contributed by atoms with Gasteiger partial charge in [0.1, 0.15) is 6.54 Å². The predicted molar refractivity (Wildman–Crippen MR) is 68.9 cm³/mol. The molecule has 1 saturated heterocycles. The summed E-state index contributed by atoms with van der Waals surface area (Å²) in [6.45, 7) is 0.539. The number of sulfonamides is 1. The number of nitrogens with one attached hydrogen (secondary N) is 1. The van der Waals surface area contributed by atoms with Crippen molar-refractivity contribution >= 4 is 17.3 Å². The maximum absolute atomic E-state index is 12.0. The Hall–Kier alpha value is 0.130. The van der Waals surface area contributed by atoms with Crippen LogP contribution in [-0.4, -0.2) is 45.1 Å². The molecule has 1 fully saturated rings. The van der Waals surface area contributed by atoms with Crippen molar-refractivity contribution in [3.05, 3.63) is 0 Å². The van der Waals surface area contributed by atoms with Crippen LogP contribution in [-0.2, 0) is 10.0 Å². The number of halogens is 3. The molecule has 108 valence electrons. The second-order valence-corrected chi connectivity index (χ2v) is 11.5. The van der Waals surface area contributed by atoms with Gasteiger partial charge in [0.25, 0.3) is 0 Å². The molecule has 0 aliphatic carbocycles. The van der Waals surface area contributed by atoms with E-state index in [0.717, 1.165) is 37.7 Å². The third-order valence-corrected chi connectivity index (χ3v) is 11.2. The van der Waals surface area contributed by atoms with Gasteiger partial charge in [-0.2, -0.15) is 13.2 Å². The fourth-order valence-corrected chi connectivity index (χ4v) is 11.1. The quantitative estimate of drug-likeness (QED) is 0.767. The molecule has 1 heterocycles. The van der Waals surface area contributed by atoms with Crippen molar-refractivity contribution in [1.29, 1.82) is 0 Å². The third-order valence-electron chi connectivity index (χ3n) is 3.15. The van der Waals surface area contributed by atoms with E-state index in [1.54, 1.807) is 4.72 Å². The van der Waals surface area contributed by atoms with Gasteiger partial charge in [0.2, 0.25) is 10.0 Å². The fourth-order valence-electron chi connectivity index (χ4n) is 2.50. The summed E-state index contributed by atoms with van der Waals surface area (Å²) in [5.74, 6) is 0. The van der Waals surface area contributed by atoms with Gasteiger partial charge in [-0.1, -0.05) is 6.92 Å². The molecule has 0 unspecified atom stereocenters. The molecule has 1 rings (SSSR count). The van der Waals surface area contributed by atoms with E-state index in [1.807, 2.05) is 6.92 Å². The van der Waals surface area contributed by atoms with Crippen LogP contribution in [0.25, 0.3) is 0 Å². The largest absolute Gasteiger partial charge is 0.402 e. The molecule has 0 radical (unpaired) electrons. The van der Waals surface area contributed by atoms with Crippen LogP contribution >= 0.6 is 7.26 Å². The topological polar surface area (TPSA) is 46.2 Å². The van der Waals surface area contributed by atoms with Crippen LogP contribution in [0.1, 0.15) is 26.2 Å². The molecular formula is C10H20F3NO2PS+. The highest BCUT2D eigenvalue weighted by atomic mass is 32.2. The average molecular weight is 306 g/mol. The monoisotopic (exact) mass is 306 g/mol. The number of hydrogen-bond donors (Lipinski definition) is 1. The molecule has 0 amide bonds. The summed E-state index contributed by atoms with van der Waals surface area (Å²) in [5.41, 5.74) is -0.0656. The lowest BCUT2D eigenvalue weighted by Crippen LogP contribution is -2.36. The summed E-state index contributed by atoms with van der Waals surface area (Å²) < 4.78 is 61.2. The molecular weight excluding hydrogens is 286 g/mol. The molecule has 0 bridgehead atoms. The van der Waals surface area contributed by atoms with Crippen LogP contribution in [0.2, 0.25) is 0 Å². The Morgan fingerprint density at radius 2 is 1.78 bits per heavy atom. The van der Waals surface area contributed by atoms with Gasteiger partial charge < -0.3 is 0 Å². The first kappa shape index (κ1) is 16.2. The lowest BCUT2D eigenvalue weighted by Gasteiger charge is -2.21. The van der Waals surface area contributed by atoms with Crippen molar-refractivity contribution in [2.75, 3.05) is 30.5 Å². The number of hydrogen-bond acceptors (Lipinski definition) is 2. The Labute approximate surface area is 107 Å². The Morgan fingerprint density at radius 1 is 1.22 bits per heavy atom. The van der Waals surface area contributed by atoms with E-state index < -0.39 is 30.0 Å². The molecule has 0 atom stereocenters. The minimum atomic E-state index is -4.49. The highest BCUT2D eigenvalue weighted by molar-refractivity contribution is 8.00. The van der Waals surface area contributed by atoms with E-state index in [4.69, 9.17) is 0 Å². The first-order valence-corrected chi connectivity index (χ1v) is 10.3. The van der Waals surface area contributed by atoms with Crippen LogP contribution in [0.3, 0.4) is 0 Å². The normalized spacial score (nSPS) is 20.2. The highest BCUT2D eigenvalue weighted by Crippen LogP contribution is 2.64. The van der Waals surface area contributed by atoms with Crippen molar-refractivity contribution in [2.45, 2.75) is 32.4 Å². The van der Waals surface area contributed by atoms with E-state index in [0.29, 0.717) is 0 Å². The molecule has 8 heteroatoms. The standard InChI is InChI=1S/C10H20F3NO2PS/c1-2-5-17(6-3-4-7-17)9-18(15,16)14-8-10(11,12)13/h14H,2-9H2,1H3/q+1. The SMILES string of the molecule is CCC[P+]1(CS(=O)(=O)NCC(F)(F)F)CCCC1. The second kappa shape index (κ2) is 6.06. The van der Waals surface area contributed by atoms with E-state index in [2.05, 4.69) is 0 Å². The first-order chi connectivity index (χ1) is 8.18. The second-order valence-electron chi connectivity index (χ2n) is 4.90. The lowest BCUT2D eigenvalue weighted by molar-refractivity contribution is -0.121. The van der Waals surface area contributed by atoms with Crippen molar-refractivity contribution in [3.63, 3.8) is 0 Å². The van der Waals surface area contributed by atoms with E-state index >= 15 is 0 Å². The number of rotatable bonds is 6. The predicted octanol–water partition coefficient (Wildman–Crippen LogP) is 2.65. The smallest absolute Gasteiger partial charge is 0.209 e. The van der Waals surface area contributed by atoms with Crippen LogP contribution in [0.15, 0.2) is 0 Å². The fraction of sp³-hybridized carbons (Fsp3) is 1.00. The van der Waals surface area contributed by atoms with Crippen molar-refractivity contribution in [3.8, 4) is 0 Å². The summed E-state index contributed by atoms with van der Waals surface area (Å²) in [6, 6.07) is 0. The zero-order valence-corrected chi connectivity index (χ0v) is 12.2. The van der Waals surface area contributed by atoms with Crippen molar-refractivity contribution < 1.29 is 21.6 Å². The Balaban J connectivity index is 2.62. The van der Waals surface area contributed by atoms with E-state index in [9.17, 15) is 21.6 Å². The van der Waals surface area contributed by atoms with Gasteiger partial charge in [0, 0.05) is 7.26 Å². The van der Waals surface area contributed by atoms with Gasteiger partial charge in [-0.15, -0.1) is 0 Å². The third kappa shape index (κ3) is 5.41. The Morgan fingerprint density at radius 3 is 2.22 bits per heavy atom. The van der Waals surface area contributed by atoms with Crippen LogP contribution < -0.4 is 4.72 Å². The Kier molecular flexibility index (Phi) is 5.44. The summed E-state index contributed by atoms with van der Waals surface area (Å²) in [6.07, 6.45) is 1.15. The molecule has 3 nitrogen and oxygen atoms in total. The van der Waals surface area contributed by atoms with Gasteiger partial charge in [-0.05, 0) is 19.3 Å². The molecule has 0 aromatic carbocycles. The lowest BCUT2D eigenvalue weighted by atomic mass is 10.4. The van der Waals surface area contributed by atoms with Crippen LogP contribution in [0, 0.1) is 0 Å². The molecule has 0 aromatic rings. The van der Waals surface area contributed by atoms with Crippen LogP contribution in [0.4, 0.5) is 13.2 Å². The van der Waals surface area contributed by atoms with Gasteiger partial charge in [-0.3, -0.25) is 0 Å². The molecule has 0 spiro atoms. The molecule has 1 N–H and O–H groups in total. The molecule has 18 heavy (non-hydrogen) atoms. The summed E-state index contributed by atoms with van der Waals surface area (Å²) in [5, 5.41) is 0. The average Bonchev–Trinajstić information content (AvgIpc) is 2.62. The summed E-state index contributed by atoms with van der Waals surface area (Å²) in [7, 11) is -5.37. The van der Waals surface area contributed by atoms with Gasteiger partial charge in [0.05, 0.1) is 18.5 Å². The first-order valence-electron chi connectivity index (χ1n) is 6.07. The van der Waals surface area contributed by atoms with Crippen molar-refractivity contribution in [1.82, 2.24) is 4.72 Å².